The van der Waals surface area contributed by atoms with Gasteiger partial charge in [-0.15, -0.1) is 11.3 Å². The zero-order valence-corrected chi connectivity index (χ0v) is 13.4. The molecule has 0 aliphatic rings. The summed E-state index contributed by atoms with van der Waals surface area (Å²) in [4.78, 5) is 24.0. The van der Waals surface area contributed by atoms with Crippen molar-refractivity contribution in [2.75, 3.05) is 5.32 Å². The smallest absolute Gasteiger partial charge is 0.262 e. The van der Waals surface area contributed by atoms with Gasteiger partial charge in [0, 0.05) is 0 Å². The Morgan fingerprint density at radius 3 is 2.60 bits per heavy atom. The highest BCUT2D eigenvalue weighted by molar-refractivity contribution is 7.14. The number of H-pyrrole nitrogens is 1. The van der Waals surface area contributed by atoms with Gasteiger partial charge in [0.15, 0.2) is 5.82 Å². The molecule has 0 atom stereocenters. The second kappa shape index (κ2) is 6.06. The van der Waals surface area contributed by atoms with Crippen molar-refractivity contribution in [2.45, 2.75) is 0 Å². The Hall–Kier alpha value is -3.13. The normalized spacial score (nSPS) is 11.0. The van der Waals surface area contributed by atoms with Crippen LogP contribution in [0.4, 0.5) is 13.8 Å². The fourth-order valence-corrected chi connectivity index (χ4v) is 3.13. The highest BCUT2D eigenvalue weighted by atomic mass is 32.1. The lowest BCUT2D eigenvalue weighted by Gasteiger charge is -2.06. The fourth-order valence-electron chi connectivity index (χ4n) is 2.45. The van der Waals surface area contributed by atoms with Gasteiger partial charge < -0.3 is 10.3 Å². The summed E-state index contributed by atoms with van der Waals surface area (Å²) in [5, 5.41) is 2.86. The van der Waals surface area contributed by atoms with Crippen molar-refractivity contribution in [1.29, 1.82) is 0 Å². The molecule has 25 heavy (non-hydrogen) atoms. The molecule has 0 saturated carbocycles. The molecule has 0 radical (unpaired) electrons. The number of hydrogen-bond acceptors (Lipinski definition) is 4. The first kappa shape index (κ1) is 15.4. The van der Waals surface area contributed by atoms with Gasteiger partial charge >= 0.3 is 0 Å². The molecule has 124 valence electrons. The highest BCUT2D eigenvalue weighted by Crippen LogP contribution is 2.30. The largest absolute Gasteiger partial charge is 0.337 e. The third-order valence-electron chi connectivity index (χ3n) is 3.60. The standard InChI is InChI=1S/C17H10F2N4OS/c18-9-4-3-5-10(19)13(9)16(24)23-17-14(20-8-25-17)15-21-11-6-1-2-7-12(11)22-15/h1-8H,(H,21,22)(H,23,24). The number of imidazole rings is 1. The van der Waals surface area contributed by atoms with E-state index in [2.05, 4.69) is 20.3 Å². The van der Waals surface area contributed by atoms with E-state index >= 15 is 0 Å². The van der Waals surface area contributed by atoms with Crippen LogP contribution in [0.5, 0.6) is 0 Å². The van der Waals surface area contributed by atoms with Crippen molar-refractivity contribution >= 4 is 33.3 Å². The van der Waals surface area contributed by atoms with Crippen LogP contribution in [0.15, 0.2) is 48.0 Å². The number of benzene rings is 2. The molecule has 1 amide bonds. The summed E-state index contributed by atoms with van der Waals surface area (Å²) in [5.74, 6) is -2.26. The average Bonchev–Trinajstić information content (AvgIpc) is 3.20. The van der Waals surface area contributed by atoms with E-state index in [4.69, 9.17) is 0 Å². The van der Waals surface area contributed by atoms with Crippen LogP contribution in [0.1, 0.15) is 10.4 Å². The molecule has 2 aromatic heterocycles. The molecule has 8 heteroatoms. The number of rotatable bonds is 3. The minimum atomic E-state index is -0.924. The van der Waals surface area contributed by atoms with Gasteiger partial charge in [-0.25, -0.2) is 18.7 Å². The topological polar surface area (TPSA) is 70.7 Å². The number of nitrogens with zero attached hydrogens (tertiary/aromatic N) is 2. The number of hydrogen-bond donors (Lipinski definition) is 2. The summed E-state index contributed by atoms with van der Waals surface area (Å²) in [6.45, 7) is 0. The van der Waals surface area contributed by atoms with Crippen LogP contribution >= 0.6 is 11.3 Å². The molecule has 0 aliphatic heterocycles. The van der Waals surface area contributed by atoms with Crippen molar-refractivity contribution in [3.05, 3.63) is 65.2 Å². The third kappa shape index (κ3) is 2.76. The zero-order chi connectivity index (χ0) is 17.4. The second-order valence-electron chi connectivity index (χ2n) is 5.18. The van der Waals surface area contributed by atoms with Gasteiger partial charge in [-0.05, 0) is 24.3 Å². The number of carbonyl (C=O) groups is 1. The molecule has 2 aromatic carbocycles. The predicted molar refractivity (Wildman–Crippen MR) is 91.5 cm³/mol. The molecular formula is C17H10F2N4OS. The highest BCUT2D eigenvalue weighted by Gasteiger charge is 2.20. The average molecular weight is 356 g/mol. The van der Waals surface area contributed by atoms with E-state index < -0.39 is 23.1 Å². The molecule has 4 rings (SSSR count). The van der Waals surface area contributed by atoms with E-state index in [-0.39, 0.29) is 0 Å². The van der Waals surface area contributed by atoms with Crippen LogP contribution in [0.25, 0.3) is 22.6 Å². The fraction of sp³-hybridized carbons (Fsp3) is 0. The Bertz CT molecular complexity index is 1040. The lowest BCUT2D eigenvalue weighted by molar-refractivity contribution is 0.101. The Morgan fingerprint density at radius 1 is 1.08 bits per heavy atom. The maximum absolute atomic E-state index is 13.8. The monoisotopic (exact) mass is 356 g/mol. The Morgan fingerprint density at radius 2 is 1.84 bits per heavy atom. The first-order valence-electron chi connectivity index (χ1n) is 7.27. The summed E-state index contributed by atoms with van der Waals surface area (Å²) in [6.07, 6.45) is 0. The van der Waals surface area contributed by atoms with E-state index in [0.29, 0.717) is 16.5 Å². The van der Waals surface area contributed by atoms with E-state index in [1.165, 1.54) is 11.6 Å². The Kier molecular flexibility index (Phi) is 3.73. The third-order valence-corrected chi connectivity index (χ3v) is 4.34. The van der Waals surface area contributed by atoms with Gasteiger partial charge in [0.05, 0.1) is 16.5 Å². The van der Waals surface area contributed by atoms with Crippen LogP contribution in [0.2, 0.25) is 0 Å². The van der Waals surface area contributed by atoms with E-state index in [1.807, 2.05) is 24.3 Å². The minimum Gasteiger partial charge on any atom is -0.337 e. The first-order valence-corrected chi connectivity index (χ1v) is 8.15. The van der Waals surface area contributed by atoms with Crippen molar-refractivity contribution in [2.24, 2.45) is 0 Å². The molecular weight excluding hydrogens is 346 g/mol. The van der Waals surface area contributed by atoms with Crippen molar-refractivity contribution in [1.82, 2.24) is 15.0 Å². The van der Waals surface area contributed by atoms with Crippen LogP contribution < -0.4 is 5.32 Å². The zero-order valence-electron chi connectivity index (χ0n) is 12.6. The van der Waals surface area contributed by atoms with Gasteiger partial charge in [-0.1, -0.05) is 18.2 Å². The molecule has 0 saturated heterocycles. The summed E-state index contributed by atoms with van der Waals surface area (Å²) in [5.41, 5.74) is 2.87. The number of anilines is 1. The molecule has 0 spiro atoms. The molecule has 0 unspecified atom stereocenters. The second-order valence-corrected chi connectivity index (χ2v) is 6.04. The van der Waals surface area contributed by atoms with Gasteiger partial charge in [0.2, 0.25) is 0 Å². The molecule has 2 heterocycles. The molecule has 0 aliphatic carbocycles. The van der Waals surface area contributed by atoms with Gasteiger partial charge in [0.25, 0.3) is 5.91 Å². The van der Waals surface area contributed by atoms with Crippen molar-refractivity contribution < 1.29 is 13.6 Å². The van der Waals surface area contributed by atoms with Crippen molar-refractivity contribution in [3.8, 4) is 11.5 Å². The molecule has 5 nitrogen and oxygen atoms in total. The van der Waals surface area contributed by atoms with Crippen molar-refractivity contribution in [3.63, 3.8) is 0 Å². The Balaban J connectivity index is 1.69. The maximum atomic E-state index is 13.8. The van der Waals surface area contributed by atoms with E-state index in [9.17, 15) is 13.6 Å². The quantitative estimate of drug-likeness (QED) is 0.577. The number of nitrogens with one attached hydrogen (secondary N) is 2. The summed E-state index contributed by atoms with van der Waals surface area (Å²) >= 11 is 1.14. The molecule has 0 bridgehead atoms. The SMILES string of the molecule is O=C(Nc1scnc1-c1nc2ccccc2[nH]1)c1c(F)cccc1F. The summed E-state index contributed by atoms with van der Waals surface area (Å²) < 4.78 is 27.5. The van der Waals surface area contributed by atoms with Crippen LogP contribution in [0.3, 0.4) is 0 Å². The van der Waals surface area contributed by atoms with Crippen LogP contribution in [-0.2, 0) is 0 Å². The predicted octanol–water partition coefficient (Wildman–Crippen LogP) is 4.22. The number of fused-ring (bicyclic) bond motifs is 1. The number of para-hydroxylation sites is 2. The number of amides is 1. The number of aromatic nitrogens is 3. The summed E-state index contributed by atoms with van der Waals surface area (Å²) in [6, 6.07) is 10.7. The van der Waals surface area contributed by atoms with Crippen LogP contribution in [0, 0.1) is 11.6 Å². The molecule has 0 fully saturated rings. The first-order chi connectivity index (χ1) is 12.1. The van der Waals surface area contributed by atoms with E-state index in [0.717, 1.165) is 34.5 Å². The van der Waals surface area contributed by atoms with Gasteiger partial charge in [-0.3, -0.25) is 4.79 Å². The molecule has 4 aromatic rings. The summed E-state index contributed by atoms with van der Waals surface area (Å²) in [7, 11) is 0. The number of halogens is 2. The van der Waals surface area contributed by atoms with Gasteiger partial charge in [-0.2, -0.15) is 0 Å². The lowest BCUT2D eigenvalue weighted by atomic mass is 10.2. The molecule has 2 N–H and O–H groups in total. The maximum Gasteiger partial charge on any atom is 0.262 e. The lowest BCUT2D eigenvalue weighted by Crippen LogP contribution is -2.15. The van der Waals surface area contributed by atoms with Crippen LogP contribution in [-0.4, -0.2) is 20.9 Å². The number of carbonyl (C=O) groups excluding carboxylic acids is 1. The Labute approximate surface area is 144 Å². The number of aromatic amines is 1. The van der Waals surface area contributed by atoms with E-state index in [1.54, 1.807) is 0 Å². The number of thiazole rings is 1. The minimum absolute atomic E-state index is 0.353. The van der Waals surface area contributed by atoms with Gasteiger partial charge in [0.1, 0.15) is 27.9 Å².